The van der Waals surface area contributed by atoms with Gasteiger partial charge in [0.1, 0.15) is 24.2 Å². The van der Waals surface area contributed by atoms with Crippen molar-refractivity contribution in [1.29, 1.82) is 5.26 Å². The van der Waals surface area contributed by atoms with Crippen LogP contribution in [-0.4, -0.2) is 0 Å². The molecule has 0 aliphatic carbocycles. The smallest absolute Gasteiger partial charge is 0.147 e. The lowest BCUT2D eigenvalue weighted by molar-refractivity contribution is 0.300. The first-order valence-electron chi connectivity index (χ1n) is 5.37. The summed E-state index contributed by atoms with van der Waals surface area (Å²) in [7, 11) is 0. The van der Waals surface area contributed by atoms with E-state index >= 15 is 0 Å². The van der Waals surface area contributed by atoms with Crippen LogP contribution in [0.3, 0.4) is 0 Å². The molecule has 2 rings (SSSR count). The fraction of sp³-hybridized carbons (Fsp3) is 0.0714. The van der Waals surface area contributed by atoms with E-state index in [1.807, 2.05) is 0 Å². The topological polar surface area (TPSA) is 33.0 Å². The number of hydrogen-bond donors (Lipinski definition) is 0. The summed E-state index contributed by atoms with van der Waals surface area (Å²) in [5.41, 5.74) is 0.320. The van der Waals surface area contributed by atoms with Gasteiger partial charge in [0.25, 0.3) is 0 Å². The Morgan fingerprint density at radius 3 is 2.79 bits per heavy atom. The molecular formula is C14H8BrClFNO. The highest BCUT2D eigenvalue weighted by atomic mass is 79.9. The Bertz CT molecular complexity index is 654. The van der Waals surface area contributed by atoms with Crippen molar-refractivity contribution in [1.82, 2.24) is 0 Å². The van der Waals surface area contributed by atoms with Crippen LogP contribution in [0.5, 0.6) is 5.75 Å². The van der Waals surface area contributed by atoms with Crippen LogP contribution in [0.15, 0.2) is 40.9 Å². The van der Waals surface area contributed by atoms with E-state index < -0.39 is 5.82 Å². The molecule has 5 heteroatoms. The van der Waals surface area contributed by atoms with Crippen LogP contribution in [0.2, 0.25) is 5.02 Å². The van der Waals surface area contributed by atoms with Gasteiger partial charge in [0, 0.05) is 10.0 Å². The Balaban J connectivity index is 2.17. The molecule has 0 spiro atoms. The summed E-state index contributed by atoms with van der Waals surface area (Å²) in [5, 5.41) is 9.18. The van der Waals surface area contributed by atoms with Gasteiger partial charge in [-0.3, -0.25) is 0 Å². The van der Waals surface area contributed by atoms with E-state index in [0.717, 1.165) is 4.47 Å². The number of halogens is 3. The minimum Gasteiger partial charge on any atom is -0.487 e. The Hall–Kier alpha value is -1.57. The average molecular weight is 341 g/mol. The molecule has 96 valence electrons. The summed E-state index contributed by atoms with van der Waals surface area (Å²) in [6, 6.07) is 11.6. The van der Waals surface area contributed by atoms with Crippen molar-refractivity contribution in [2.45, 2.75) is 6.61 Å². The van der Waals surface area contributed by atoms with E-state index in [9.17, 15) is 4.39 Å². The van der Waals surface area contributed by atoms with Gasteiger partial charge in [-0.15, -0.1) is 0 Å². The molecule has 19 heavy (non-hydrogen) atoms. The summed E-state index contributed by atoms with van der Waals surface area (Å²) in [6.07, 6.45) is 0. The fourth-order valence-electron chi connectivity index (χ4n) is 1.53. The molecule has 0 aliphatic heterocycles. The van der Waals surface area contributed by atoms with Gasteiger partial charge in [0.2, 0.25) is 0 Å². The molecule has 0 aromatic heterocycles. The molecule has 0 heterocycles. The van der Waals surface area contributed by atoms with Gasteiger partial charge >= 0.3 is 0 Å². The second-order valence-corrected chi connectivity index (χ2v) is 5.08. The molecule has 2 aromatic rings. The largest absolute Gasteiger partial charge is 0.487 e. The highest BCUT2D eigenvalue weighted by Gasteiger charge is 2.09. The van der Waals surface area contributed by atoms with Gasteiger partial charge in [-0.25, -0.2) is 4.39 Å². The maximum atomic E-state index is 13.8. The lowest BCUT2D eigenvalue weighted by Gasteiger charge is -2.09. The first-order valence-corrected chi connectivity index (χ1v) is 6.54. The molecule has 2 nitrogen and oxygen atoms in total. The van der Waals surface area contributed by atoms with Crippen molar-refractivity contribution in [3.63, 3.8) is 0 Å². The predicted molar refractivity (Wildman–Crippen MR) is 74.6 cm³/mol. The van der Waals surface area contributed by atoms with Gasteiger partial charge in [0.15, 0.2) is 0 Å². The first kappa shape index (κ1) is 13.9. The maximum Gasteiger partial charge on any atom is 0.147 e. The SMILES string of the molecule is N#Cc1cccc(COc2ccc(Br)cc2Cl)c1F. The molecule has 0 N–H and O–H groups in total. The number of benzene rings is 2. The lowest BCUT2D eigenvalue weighted by atomic mass is 10.1. The third kappa shape index (κ3) is 3.25. The molecular weight excluding hydrogens is 333 g/mol. The normalized spacial score (nSPS) is 10.0. The number of nitriles is 1. The van der Waals surface area contributed by atoms with Crippen LogP contribution in [0.25, 0.3) is 0 Å². The van der Waals surface area contributed by atoms with Crippen LogP contribution in [0, 0.1) is 17.1 Å². The van der Waals surface area contributed by atoms with E-state index in [2.05, 4.69) is 15.9 Å². The van der Waals surface area contributed by atoms with Crippen LogP contribution in [0.1, 0.15) is 11.1 Å². The molecule has 0 fully saturated rings. The Labute approximate surface area is 123 Å². The third-order valence-corrected chi connectivity index (χ3v) is 3.26. The Morgan fingerprint density at radius 2 is 2.11 bits per heavy atom. The molecule has 0 saturated carbocycles. The standard InChI is InChI=1S/C14H8BrClFNO/c15-11-4-5-13(12(16)6-11)19-8-10-3-1-2-9(7-18)14(10)17/h1-6H,8H2. The highest BCUT2D eigenvalue weighted by molar-refractivity contribution is 9.10. The number of hydrogen-bond acceptors (Lipinski definition) is 2. The maximum absolute atomic E-state index is 13.8. The zero-order valence-electron chi connectivity index (χ0n) is 9.66. The molecule has 2 aromatic carbocycles. The van der Waals surface area contributed by atoms with Crippen molar-refractivity contribution >= 4 is 27.5 Å². The third-order valence-electron chi connectivity index (χ3n) is 2.48. The zero-order valence-corrected chi connectivity index (χ0v) is 12.0. The van der Waals surface area contributed by atoms with E-state index in [0.29, 0.717) is 16.3 Å². The van der Waals surface area contributed by atoms with Crippen LogP contribution in [0.4, 0.5) is 4.39 Å². The fourth-order valence-corrected chi connectivity index (χ4v) is 2.25. The summed E-state index contributed by atoms with van der Waals surface area (Å²) in [5.74, 6) is -0.0927. The first-order chi connectivity index (χ1) is 9.11. The number of rotatable bonds is 3. The molecule has 0 saturated heterocycles. The predicted octanol–water partition coefficient (Wildman–Crippen LogP) is 4.69. The highest BCUT2D eigenvalue weighted by Crippen LogP contribution is 2.28. The van der Waals surface area contributed by atoms with E-state index in [4.69, 9.17) is 21.6 Å². The number of nitrogens with zero attached hydrogens (tertiary/aromatic N) is 1. The molecule has 0 atom stereocenters. The summed E-state index contributed by atoms with van der Waals surface area (Å²) >= 11 is 9.28. The number of ether oxygens (including phenoxy) is 1. The molecule has 0 unspecified atom stereocenters. The van der Waals surface area contributed by atoms with Crippen molar-refractivity contribution in [3.8, 4) is 11.8 Å². The molecule has 0 amide bonds. The minimum atomic E-state index is -0.557. The van der Waals surface area contributed by atoms with Crippen molar-refractivity contribution in [2.75, 3.05) is 0 Å². The Morgan fingerprint density at radius 1 is 1.32 bits per heavy atom. The summed E-state index contributed by atoms with van der Waals surface area (Å²) in [4.78, 5) is 0. The van der Waals surface area contributed by atoms with Gasteiger partial charge < -0.3 is 4.74 Å². The summed E-state index contributed by atoms with van der Waals surface area (Å²) < 4.78 is 20.1. The minimum absolute atomic E-state index is 0.00278. The molecule has 0 radical (unpaired) electrons. The van der Waals surface area contributed by atoms with E-state index in [1.165, 1.54) is 6.07 Å². The van der Waals surface area contributed by atoms with Gasteiger partial charge in [-0.05, 0) is 24.3 Å². The van der Waals surface area contributed by atoms with Crippen LogP contribution in [-0.2, 0) is 6.61 Å². The van der Waals surface area contributed by atoms with Gasteiger partial charge in [-0.1, -0.05) is 39.7 Å². The zero-order chi connectivity index (χ0) is 13.8. The van der Waals surface area contributed by atoms with Crippen molar-refractivity contribution in [2.24, 2.45) is 0 Å². The Kier molecular flexibility index (Phi) is 4.41. The average Bonchev–Trinajstić information content (AvgIpc) is 2.39. The van der Waals surface area contributed by atoms with Crippen molar-refractivity contribution in [3.05, 3.63) is 62.8 Å². The molecule has 0 aliphatic rings. The van der Waals surface area contributed by atoms with Crippen LogP contribution < -0.4 is 4.74 Å². The monoisotopic (exact) mass is 339 g/mol. The second-order valence-electron chi connectivity index (χ2n) is 3.75. The van der Waals surface area contributed by atoms with E-state index in [1.54, 1.807) is 36.4 Å². The second kappa shape index (κ2) is 6.05. The van der Waals surface area contributed by atoms with Gasteiger partial charge in [0.05, 0.1) is 10.6 Å². The molecule has 0 bridgehead atoms. The van der Waals surface area contributed by atoms with Crippen molar-refractivity contribution < 1.29 is 9.13 Å². The van der Waals surface area contributed by atoms with Gasteiger partial charge in [-0.2, -0.15) is 5.26 Å². The van der Waals surface area contributed by atoms with Crippen LogP contribution >= 0.6 is 27.5 Å². The van der Waals surface area contributed by atoms with E-state index in [-0.39, 0.29) is 12.2 Å². The summed E-state index contributed by atoms with van der Waals surface area (Å²) in [6.45, 7) is 0.0166. The lowest BCUT2D eigenvalue weighted by Crippen LogP contribution is -2.00. The quantitative estimate of drug-likeness (QED) is 0.812.